The van der Waals surface area contributed by atoms with E-state index in [0.717, 1.165) is 21.7 Å². The van der Waals surface area contributed by atoms with Crippen molar-refractivity contribution in [2.45, 2.75) is 31.8 Å². The molecular weight excluding hydrogens is 304 g/mol. The average molecular weight is 321 g/mol. The Hall–Kier alpha value is -1.06. The maximum Gasteiger partial charge on any atom is 0.133 e. The number of aliphatic hydroxyl groups is 1. The van der Waals surface area contributed by atoms with Gasteiger partial charge in [0.2, 0.25) is 0 Å². The lowest BCUT2D eigenvalue weighted by molar-refractivity contribution is 0.148. The third-order valence-corrected chi connectivity index (χ3v) is 4.32. The molecule has 1 aromatic carbocycles. The molecule has 1 aromatic heterocycles. The summed E-state index contributed by atoms with van der Waals surface area (Å²) in [6, 6.07) is 11.9. The van der Waals surface area contributed by atoms with Gasteiger partial charge < -0.3 is 9.52 Å². The zero-order valence-corrected chi connectivity index (χ0v) is 12.4. The predicted molar refractivity (Wildman–Crippen MR) is 78.0 cm³/mol. The first kappa shape index (κ1) is 12.9. The van der Waals surface area contributed by atoms with E-state index in [0.29, 0.717) is 18.1 Å². The topological polar surface area (TPSA) is 33.4 Å². The molecule has 3 unspecified atom stereocenters. The molecule has 1 N–H and O–H groups in total. The summed E-state index contributed by atoms with van der Waals surface area (Å²) >= 11 is 3.41. The van der Waals surface area contributed by atoms with Crippen LogP contribution in [0.25, 0.3) is 0 Å². The summed E-state index contributed by atoms with van der Waals surface area (Å²) in [5.41, 5.74) is 1.11. The van der Waals surface area contributed by atoms with Gasteiger partial charge >= 0.3 is 0 Å². The van der Waals surface area contributed by atoms with Gasteiger partial charge in [-0.3, -0.25) is 0 Å². The zero-order chi connectivity index (χ0) is 13.4. The fourth-order valence-electron chi connectivity index (χ4n) is 2.41. The van der Waals surface area contributed by atoms with Crippen LogP contribution in [-0.4, -0.2) is 5.11 Å². The first-order chi connectivity index (χ1) is 9.13. The lowest BCUT2D eigenvalue weighted by Crippen LogP contribution is -2.00. The Morgan fingerprint density at radius 2 is 1.95 bits per heavy atom. The molecule has 1 heterocycles. The molecule has 2 nitrogen and oxygen atoms in total. The normalized spacial score (nSPS) is 23.3. The van der Waals surface area contributed by atoms with Crippen LogP contribution in [0.15, 0.2) is 45.3 Å². The van der Waals surface area contributed by atoms with Crippen LogP contribution >= 0.6 is 15.9 Å². The van der Waals surface area contributed by atoms with E-state index in [-0.39, 0.29) is 0 Å². The fraction of sp³-hybridized carbons (Fsp3) is 0.375. The van der Waals surface area contributed by atoms with Crippen LogP contribution in [0.4, 0.5) is 0 Å². The monoisotopic (exact) mass is 320 g/mol. The van der Waals surface area contributed by atoms with Crippen LogP contribution in [0.2, 0.25) is 0 Å². The zero-order valence-electron chi connectivity index (χ0n) is 10.8. The molecule has 19 heavy (non-hydrogen) atoms. The van der Waals surface area contributed by atoms with Gasteiger partial charge in [-0.25, -0.2) is 0 Å². The number of hydrogen-bond acceptors (Lipinski definition) is 2. The van der Waals surface area contributed by atoms with Crippen molar-refractivity contribution in [2.24, 2.45) is 5.92 Å². The second-order valence-corrected chi connectivity index (χ2v) is 6.32. The molecule has 1 aliphatic rings. The molecule has 1 fully saturated rings. The van der Waals surface area contributed by atoms with Crippen molar-refractivity contribution in [2.75, 3.05) is 0 Å². The summed E-state index contributed by atoms with van der Waals surface area (Å²) in [4.78, 5) is 0. The Labute approximate surface area is 121 Å². The van der Waals surface area contributed by atoms with Crippen molar-refractivity contribution < 1.29 is 9.52 Å². The third-order valence-electron chi connectivity index (χ3n) is 3.79. The van der Waals surface area contributed by atoms with Crippen molar-refractivity contribution in [3.8, 4) is 0 Å². The Morgan fingerprint density at radius 3 is 2.58 bits per heavy atom. The highest BCUT2D eigenvalue weighted by molar-refractivity contribution is 9.10. The van der Waals surface area contributed by atoms with Crippen molar-refractivity contribution in [3.63, 3.8) is 0 Å². The van der Waals surface area contributed by atoms with Gasteiger partial charge in [-0.2, -0.15) is 0 Å². The standard InChI is InChI=1S/C16H17BrO2/c1-10-8-13(10)15-6-7-16(19-15)14(18)9-11-2-4-12(17)5-3-11/h2-7,10,13-14,18H,8-9H2,1H3. The third kappa shape index (κ3) is 2.93. The van der Waals surface area contributed by atoms with E-state index in [4.69, 9.17) is 4.42 Å². The Morgan fingerprint density at radius 1 is 1.26 bits per heavy atom. The van der Waals surface area contributed by atoms with Crippen LogP contribution in [0, 0.1) is 5.92 Å². The highest BCUT2D eigenvalue weighted by Crippen LogP contribution is 2.47. The second-order valence-electron chi connectivity index (χ2n) is 5.41. The predicted octanol–water partition coefficient (Wildman–Crippen LogP) is 4.44. The molecule has 0 radical (unpaired) electrons. The van der Waals surface area contributed by atoms with E-state index < -0.39 is 6.10 Å². The van der Waals surface area contributed by atoms with E-state index in [1.807, 2.05) is 36.4 Å². The molecule has 0 spiro atoms. The van der Waals surface area contributed by atoms with Gasteiger partial charge in [0.1, 0.15) is 17.6 Å². The van der Waals surface area contributed by atoms with Gasteiger partial charge in [-0.15, -0.1) is 0 Å². The number of halogens is 1. The first-order valence-corrected chi connectivity index (χ1v) is 7.45. The van der Waals surface area contributed by atoms with Gasteiger partial charge in [0.05, 0.1) is 0 Å². The molecule has 3 atom stereocenters. The fourth-order valence-corrected chi connectivity index (χ4v) is 2.67. The van der Waals surface area contributed by atoms with Crippen LogP contribution < -0.4 is 0 Å². The van der Waals surface area contributed by atoms with Gasteiger partial charge in [-0.05, 0) is 42.2 Å². The summed E-state index contributed by atoms with van der Waals surface area (Å²) in [7, 11) is 0. The first-order valence-electron chi connectivity index (χ1n) is 6.65. The average Bonchev–Trinajstić information content (AvgIpc) is 2.93. The minimum Gasteiger partial charge on any atom is -0.463 e. The molecule has 0 bridgehead atoms. The summed E-state index contributed by atoms with van der Waals surface area (Å²) < 4.78 is 6.83. The minimum absolute atomic E-state index is 0.564. The maximum atomic E-state index is 10.2. The molecule has 0 aliphatic heterocycles. The summed E-state index contributed by atoms with van der Waals surface area (Å²) in [6.45, 7) is 2.23. The summed E-state index contributed by atoms with van der Waals surface area (Å²) in [5, 5.41) is 10.2. The molecule has 1 saturated carbocycles. The quantitative estimate of drug-likeness (QED) is 0.903. The van der Waals surface area contributed by atoms with Gasteiger partial charge in [0, 0.05) is 16.8 Å². The van der Waals surface area contributed by atoms with Crippen molar-refractivity contribution in [1.29, 1.82) is 0 Å². The lowest BCUT2D eigenvalue weighted by atomic mass is 10.1. The number of hydrogen-bond donors (Lipinski definition) is 1. The summed E-state index contributed by atoms with van der Waals surface area (Å²) in [5.74, 6) is 2.99. The van der Waals surface area contributed by atoms with E-state index in [1.54, 1.807) is 0 Å². The van der Waals surface area contributed by atoms with Gasteiger partial charge in [0.25, 0.3) is 0 Å². The van der Waals surface area contributed by atoms with E-state index in [1.165, 1.54) is 6.42 Å². The van der Waals surface area contributed by atoms with Gasteiger partial charge in [0.15, 0.2) is 0 Å². The van der Waals surface area contributed by atoms with E-state index >= 15 is 0 Å². The number of benzene rings is 1. The van der Waals surface area contributed by atoms with Crippen molar-refractivity contribution >= 4 is 15.9 Å². The van der Waals surface area contributed by atoms with Crippen molar-refractivity contribution in [1.82, 2.24) is 0 Å². The Balaban J connectivity index is 1.68. The molecule has 100 valence electrons. The van der Waals surface area contributed by atoms with Crippen LogP contribution in [0.5, 0.6) is 0 Å². The summed E-state index contributed by atoms with van der Waals surface area (Å²) in [6.07, 6.45) is 1.22. The smallest absolute Gasteiger partial charge is 0.133 e. The second kappa shape index (κ2) is 5.14. The molecule has 1 aliphatic carbocycles. The lowest BCUT2D eigenvalue weighted by Gasteiger charge is -2.08. The van der Waals surface area contributed by atoms with Crippen molar-refractivity contribution in [3.05, 3.63) is 58.0 Å². The van der Waals surface area contributed by atoms with Crippen LogP contribution in [-0.2, 0) is 6.42 Å². The Kier molecular flexibility index (Phi) is 3.50. The highest BCUT2D eigenvalue weighted by Gasteiger charge is 2.36. The molecule has 2 aromatic rings. The number of rotatable bonds is 4. The molecule has 0 amide bonds. The van der Waals surface area contributed by atoms with E-state index in [9.17, 15) is 5.11 Å². The molecule has 3 heteroatoms. The largest absolute Gasteiger partial charge is 0.463 e. The molecular formula is C16H17BrO2. The van der Waals surface area contributed by atoms with Crippen LogP contribution in [0.3, 0.4) is 0 Å². The Bertz CT molecular complexity index is 558. The minimum atomic E-state index is -0.566. The van der Waals surface area contributed by atoms with E-state index in [2.05, 4.69) is 22.9 Å². The number of aliphatic hydroxyl groups excluding tert-OH is 1. The SMILES string of the molecule is CC1CC1c1ccc(C(O)Cc2ccc(Br)cc2)o1. The highest BCUT2D eigenvalue weighted by atomic mass is 79.9. The number of furan rings is 1. The molecule has 3 rings (SSSR count). The molecule has 0 saturated heterocycles. The van der Waals surface area contributed by atoms with Gasteiger partial charge in [-0.1, -0.05) is 35.0 Å². The van der Waals surface area contributed by atoms with Crippen LogP contribution in [0.1, 0.15) is 42.5 Å². The maximum absolute atomic E-state index is 10.2.